The molecular formula is C21H16. The maximum absolute atomic E-state index is 2.31. The van der Waals surface area contributed by atoms with Gasteiger partial charge in [0.25, 0.3) is 0 Å². The van der Waals surface area contributed by atoms with Crippen LogP contribution in [0.2, 0.25) is 0 Å². The van der Waals surface area contributed by atoms with Gasteiger partial charge in [-0.25, -0.2) is 0 Å². The van der Waals surface area contributed by atoms with Crippen molar-refractivity contribution in [2.45, 2.75) is 6.92 Å². The third-order valence-corrected chi connectivity index (χ3v) is 4.10. The van der Waals surface area contributed by atoms with E-state index in [1.165, 1.54) is 38.2 Å². The average molecular weight is 268 g/mol. The van der Waals surface area contributed by atoms with Gasteiger partial charge in [-0.2, -0.15) is 0 Å². The van der Waals surface area contributed by atoms with Crippen molar-refractivity contribution in [1.82, 2.24) is 0 Å². The van der Waals surface area contributed by atoms with E-state index in [1.807, 2.05) is 0 Å². The summed E-state index contributed by atoms with van der Waals surface area (Å²) in [6, 6.07) is 28.4. The maximum Gasteiger partial charge on any atom is -0.00991 e. The summed E-state index contributed by atoms with van der Waals surface area (Å²) >= 11 is 0. The van der Waals surface area contributed by atoms with Crippen molar-refractivity contribution < 1.29 is 0 Å². The summed E-state index contributed by atoms with van der Waals surface area (Å²) in [5.74, 6) is 0. The van der Waals surface area contributed by atoms with Crippen molar-refractivity contribution in [2.75, 3.05) is 0 Å². The van der Waals surface area contributed by atoms with Crippen LogP contribution in [-0.4, -0.2) is 0 Å². The molecule has 0 radical (unpaired) electrons. The first-order valence-electron chi connectivity index (χ1n) is 7.30. The summed E-state index contributed by atoms with van der Waals surface area (Å²) in [7, 11) is 0. The quantitative estimate of drug-likeness (QED) is 0.373. The van der Waals surface area contributed by atoms with Gasteiger partial charge in [-0.15, -0.1) is 0 Å². The average Bonchev–Trinajstić information content (AvgIpc) is 2.55. The second-order valence-corrected chi connectivity index (χ2v) is 5.59. The van der Waals surface area contributed by atoms with E-state index in [9.17, 15) is 0 Å². The zero-order valence-corrected chi connectivity index (χ0v) is 12.0. The molecule has 0 N–H and O–H groups in total. The summed E-state index contributed by atoms with van der Waals surface area (Å²) in [6.45, 7) is 2.15. The molecule has 0 nitrogen and oxygen atoms in total. The molecule has 4 rings (SSSR count). The van der Waals surface area contributed by atoms with Crippen LogP contribution in [-0.2, 0) is 0 Å². The Morgan fingerprint density at radius 3 is 1.90 bits per heavy atom. The molecule has 4 aromatic carbocycles. The molecule has 0 atom stereocenters. The largest absolute Gasteiger partial charge is 0.0622 e. The van der Waals surface area contributed by atoms with E-state index >= 15 is 0 Å². The Morgan fingerprint density at radius 2 is 1.14 bits per heavy atom. The molecule has 100 valence electrons. The van der Waals surface area contributed by atoms with Crippen molar-refractivity contribution in [3.63, 3.8) is 0 Å². The molecule has 0 bridgehead atoms. The van der Waals surface area contributed by atoms with Crippen LogP contribution in [0, 0.1) is 6.92 Å². The molecule has 0 unspecified atom stereocenters. The molecule has 0 spiro atoms. The third kappa shape index (κ3) is 2.09. The summed E-state index contributed by atoms with van der Waals surface area (Å²) in [4.78, 5) is 0. The Bertz CT molecular complexity index is 934. The molecule has 0 amide bonds. The van der Waals surface area contributed by atoms with Crippen LogP contribution in [0.5, 0.6) is 0 Å². The predicted octanol–water partition coefficient (Wildman–Crippen LogP) is 5.97. The monoisotopic (exact) mass is 268 g/mol. The number of hydrogen-bond acceptors (Lipinski definition) is 0. The standard InChI is InChI=1S/C21H16/c1-15-7-8-17-9-10-18-11-12-19(14-21(18)20(17)13-15)16-5-3-2-4-6-16/h2-14H,1H3. The van der Waals surface area contributed by atoms with Crippen molar-refractivity contribution in [1.29, 1.82) is 0 Å². The van der Waals surface area contributed by atoms with Gasteiger partial charge in [-0.3, -0.25) is 0 Å². The molecule has 0 saturated carbocycles. The minimum Gasteiger partial charge on any atom is -0.0622 e. The Hall–Kier alpha value is -2.60. The number of fused-ring (bicyclic) bond motifs is 3. The molecule has 0 saturated heterocycles. The van der Waals surface area contributed by atoms with Crippen molar-refractivity contribution in [3.05, 3.63) is 84.4 Å². The lowest BCUT2D eigenvalue weighted by Crippen LogP contribution is -1.82. The molecular weight excluding hydrogens is 252 g/mol. The van der Waals surface area contributed by atoms with Crippen LogP contribution < -0.4 is 0 Å². The topological polar surface area (TPSA) is 0 Å². The van der Waals surface area contributed by atoms with Gasteiger partial charge in [-0.05, 0) is 45.7 Å². The summed E-state index contributed by atoms with van der Waals surface area (Å²) in [5, 5.41) is 5.27. The zero-order valence-electron chi connectivity index (χ0n) is 12.0. The molecule has 0 aliphatic heterocycles. The molecule has 0 aliphatic rings. The zero-order chi connectivity index (χ0) is 14.2. The Labute approximate surface area is 124 Å². The molecule has 21 heavy (non-hydrogen) atoms. The molecule has 0 aliphatic carbocycles. The minimum absolute atomic E-state index is 1.27. The predicted molar refractivity (Wildman–Crippen MR) is 91.6 cm³/mol. The lowest BCUT2D eigenvalue weighted by atomic mass is 9.96. The van der Waals surface area contributed by atoms with Crippen LogP contribution in [0.25, 0.3) is 32.7 Å². The van der Waals surface area contributed by atoms with Crippen molar-refractivity contribution >= 4 is 21.5 Å². The van der Waals surface area contributed by atoms with Gasteiger partial charge in [-0.1, -0.05) is 78.4 Å². The van der Waals surface area contributed by atoms with E-state index in [2.05, 4.69) is 85.8 Å². The summed E-state index contributed by atoms with van der Waals surface area (Å²) in [5.41, 5.74) is 3.85. The second-order valence-electron chi connectivity index (χ2n) is 5.59. The van der Waals surface area contributed by atoms with Crippen molar-refractivity contribution in [2.24, 2.45) is 0 Å². The Morgan fingerprint density at radius 1 is 0.524 bits per heavy atom. The van der Waals surface area contributed by atoms with Gasteiger partial charge in [0, 0.05) is 0 Å². The third-order valence-electron chi connectivity index (χ3n) is 4.10. The number of aryl methyl sites for hydroxylation is 1. The van der Waals surface area contributed by atoms with E-state index in [4.69, 9.17) is 0 Å². The summed E-state index contributed by atoms with van der Waals surface area (Å²) in [6.07, 6.45) is 0. The van der Waals surface area contributed by atoms with Gasteiger partial charge >= 0.3 is 0 Å². The van der Waals surface area contributed by atoms with E-state index in [0.29, 0.717) is 0 Å². The van der Waals surface area contributed by atoms with Crippen LogP contribution in [0.3, 0.4) is 0 Å². The van der Waals surface area contributed by atoms with Gasteiger partial charge in [0.15, 0.2) is 0 Å². The highest BCUT2D eigenvalue weighted by molar-refractivity contribution is 6.08. The molecule has 0 heterocycles. The van der Waals surface area contributed by atoms with E-state index < -0.39 is 0 Å². The molecule has 0 heteroatoms. The molecule has 0 aromatic heterocycles. The first kappa shape index (κ1) is 12.2. The van der Waals surface area contributed by atoms with Gasteiger partial charge in [0.05, 0.1) is 0 Å². The highest BCUT2D eigenvalue weighted by atomic mass is 14.1. The lowest BCUT2D eigenvalue weighted by Gasteiger charge is -2.08. The fraction of sp³-hybridized carbons (Fsp3) is 0.0476. The number of rotatable bonds is 1. The number of benzene rings is 4. The van der Waals surface area contributed by atoms with Crippen LogP contribution in [0.15, 0.2) is 78.9 Å². The smallest absolute Gasteiger partial charge is 0.00991 e. The van der Waals surface area contributed by atoms with E-state index in [1.54, 1.807) is 0 Å². The Balaban J connectivity index is 2.05. The van der Waals surface area contributed by atoms with Crippen LogP contribution in [0.1, 0.15) is 5.56 Å². The Kier molecular flexibility index (Phi) is 2.75. The second kappa shape index (κ2) is 4.75. The lowest BCUT2D eigenvalue weighted by molar-refractivity contribution is 1.51. The normalized spacial score (nSPS) is 11.1. The maximum atomic E-state index is 2.31. The SMILES string of the molecule is Cc1ccc2ccc3ccc(-c4ccccc4)cc3c2c1. The highest BCUT2D eigenvalue weighted by Crippen LogP contribution is 2.30. The molecule has 0 fully saturated rings. The van der Waals surface area contributed by atoms with Crippen molar-refractivity contribution in [3.8, 4) is 11.1 Å². The van der Waals surface area contributed by atoms with Crippen LogP contribution >= 0.6 is 0 Å². The first-order valence-corrected chi connectivity index (χ1v) is 7.30. The number of hydrogen-bond donors (Lipinski definition) is 0. The fourth-order valence-corrected chi connectivity index (χ4v) is 2.97. The van der Waals surface area contributed by atoms with Gasteiger partial charge in [0.1, 0.15) is 0 Å². The van der Waals surface area contributed by atoms with E-state index in [0.717, 1.165) is 0 Å². The van der Waals surface area contributed by atoms with E-state index in [-0.39, 0.29) is 0 Å². The van der Waals surface area contributed by atoms with Crippen LogP contribution in [0.4, 0.5) is 0 Å². The van der Waals surface area contributed by atoms with Gasteiger partial charge < -0.3 is 0 Å². The minimum atomic E-state index is 1.27. The summed E-state index contributed by atoms with van der Waals surface area (Å²) < 4.78 is 0. The van der Waals surface area contributed by atoms with Gasteiger partial charge in [0.2, 0.25) is 0 Å². The fourth-order valence-electron chi connectivity index (χ4n) is 2.97. The highest BCUT2D eigenvalue weighted by Gasteiger charge is 2.03. The first-order chi connectivity index (χ1) is 10.3. The molecule has 4 aromatic rings.